The monoisotopic (exact) mass is 450 g/mol. The molecule has 0 aliphatic carbocycles. The van der Waals surface area contributed by atoms with Crippen molar-refractivity contribution >= 4 is 28.5 Å². The van der Waals surface area contributed by atoms with Crippen LogP contribution >= 0.6 is 11.3 Å². The molecule has 2 aromatic carbocycles. The summed E-state index contributed by atoms with van der Waals surface area (Å²) in [6.07, 6.45) is 2.20. The van der Waals surface area contributed by atoms with E-state index >= 15 is 0 Å². The molecule has 0 atom stereocenters. The molecule has 0 aliphatic rings. The number of hydrogen-bond donors (Lipinski definition) is 1. The Labute approximate surface area is 190 Å². The van der Waals surface area contributed by atoms with Gasteiger partial charge in [-0.25, -0.2) is 0 Å². The average Bonchev–Trinajstić information content (AvgIpc) is 3.28. The van der Waals surface area contributed by atoms with E-state index in [1.807, 2.05) is 37.3 Å². The van der Waals surface area contributed by atoms with Gasteiger partial charge in [0.05, 0.1) is 14.2 Å². The Bertz CT molecular complexity index is 1170. The van der Waals surface area contributed by atoms with Crippen LogP contribution in [-0.2, 0) is 17.8 Å². The van der Waals surface area contributed by atoms with Crippen LogP contribution in [0.25, 0.3) is 6.08 Å². The predicted octanol–water partition coefficient (Wildman–Crippen LogP) is 4.24. The lowest BCUT2D eigenvalue weighted by Crippen LogP contribution is -2.13. The minimum Gasteiger partial charge on any atom is -0.496 e. The van der Waals surface area contributed by atoms with Crippen molar-refractivity contribution in [2.75, 3.05) is 19.5 Å². The smallest absolute Gasteiger partial charge is 0.268 e. The van der Waals surface area contributed by atoms with Crippen LogP contribution in [0.3, 0.4) is 0 Å². The molecule has 0 fully saturated rings. The maximum Gasteiger partial charge on any atom is 0.268 e. The Morgan fingerprint density at radius 2 is 1.91 bits per heavy atom. The number of carbonyl (C=O) groups is 1. The van der Waals surface area contributed by atoms with Gasteiger partial charge in [0.25, 0.3) is 5.91 Å². The summed E-state index contributed by atoms with van der Waals surface area (Å²) >= 11 is 1.27. The number of benzene rings is 2. The highest BCUT2D eigenvalue weighted by atomic mass is 32.1. The van der Waals surface area contributed by atoms with Gasteiger partial charge in [0.2, 0.25) is 5.13 Å². The Morgan fingerprint density at radius 1 is 1.12 bits per heavy atom. The fourth-order valence-electron chi connectivity index (χ4n) is 2.80. The lowest BCUT2D eigenvalue weighted by Gasteiger charge is -2.13. The number of anilines is 1. The summed E-state index contributed by atoms with van der Waals surface area (Å²) in [6, 6.07) is 14.7. The molecule has 0 aliphatic heterocycles. The zero-order valence-electron chi connectivity index (χ0n) is 17.9. The molecule has 1 N–H and O–H groups in total. The van der Waals surface area contributed by atoms with Gasteiger partial charge < -0.3 is 14.2 Å². The zero-order valence-corrected chi connectivity index (χ0v) is 18.7. The third kappa shape index (κ3) is 5.62. The molecule has 1 aromatic heterocycles. The molecule has 8 nitrogen and oxygen atoms in total. The van der Waals surface area contributed by atoms with Crippen LogP contribution in [0, 0.1) is 11.3 Å². The molecule has 0 bridgehead atoms. The first-order valence-electron chi connectivity index (χ1n) is 9.76. The first-order valence-corrected chi connectivity index (χ1v) is 10.6. The molecule has 0 spiro atoms. The number of aromatic nitrogens is 2. The van der Waals surface area contributed by atoms with Crippen molar-refractivity contribution in [1.82, 2.24) is 10.2 Å². The minimum absolute atomic E-state index is 0.0667. The van der Waals surface area contributed by atoms with E-state index in [-0.39, 0.29) is 5.57 Å². The lowest BCUT2D eigenvalue weighted by molar-refractivity contribution is -0.112. The maximum atomic E-state index is 12.5. The van der Waals surface area contributed by atoms with Gasteiger partial charge in [-0.3, -0.25) is 10.1 Å². The number of para-hydroxylation sites is 1. The quantitative estimate of drug-likeness (QED) is 0.384. The normalized spacial score (nSPS) is 10.9. The summed E-state index contributed by atoms with van der Waals surface area (Å²) in [7, 11) is 3.13. The van der Waals surface area contributed by atoms with Gasteiger partial charge >= 0.3 is 0 Å². The van der Waals surface area contributed by atoms with E-state index in [4.69, 9.17) is 14.2 Å². The zero-order chi connectivity index (χ0) is 22.9. The minimum atomic E-state index is -0.554. The van der Waals surface area contributed by atoms with Crippen LogP contribution in [0.1, 0.15) is 23.1 Å². The van der Waals surface area contributed by atoms with Crippen molar-refractivity contribution in [3.8, 4) is 23.3 Å². The van der Waals surface area contributed by atoms with Gasteiger partial charge in [-0.05, 0) is 36.3 Å². The largest absolute Gasteiger partial charge is 0.496 e. The second kappa shape index (κ2) is 10.9. The predicted molar refractivity (Wildman–Crippen MR) is 122 cm³/mol. The summed E-state index contributed by atoms with van der Waals surface area (Å²) in [5.74, 6) is 1.18. The van der Waals surface area contributed by atoms with Gasteiger partial charge in [0.15, 0.2) is 11.5 Å². The van der Waals surface area contributed by atoms with Crippen molar-refractivity contribution in [3.05, 3.63) is 64.2 Å². The van der Waals surface area contributed by atoms with Gasteiger partial charge in [-0.1, -0.05) is 42.5 Å². The molecule has 1 amide bonds. The van der Waals surface area contributed by atoms with Crippen molar-refractivity contribution in [1.29, 1.82) is 5.26 Å². The van der Waals surface area contributed by atoms with E-state index in [2.05, 4.69) is 15.5 Å². The Kier molecular flexibility index (Phi) is 7.78. The summed E-state index contributed by atoms with van der Waals surface area (Å²) in [4.78, 5) is 12.5. The topological polar surface area (TPSA) is 106 Å². The number of ether oxygens (including phenoxy) is 3. The van der Waals surface area contributed by atoms with Crippen molar-refractivity contribution < 1.29 is 19.0 Å². The highest BCUT2D eigenvalue weighted by molar-refractivity contribution is 7.15. The number of nitriles is 1. The van der Waals surface area contributed by atoms with E-state index < -0.39 is 5.91 Å². The van der Waals surface area contributed by atoms with Gasteiger partial charge in [0.1, 0.15) is 29.0 Å². The molecule has 164 valence electrons. The number of methoxy groups -OCH3 is 2. The van der Waals surface area contributed by atoms with Gasteiger partial charge in [-0.15, -0.1) is 10.2 Å². The summed E-state index contributed by atoms with van der Waals surface area (Å²) < 4.78 is 16.7. The molecule has 0 unspecified atom stereocenters. The Morgan fingerprint density at radius 3 is 2.59 bits per heavy atom. The number of aryl methyl sites for hydroxylation is 1. The first kappa shape index (κ1) is 22.8. The summed E-state index contributed by atoms with van der Waals surface area (Å²) in [5, 5.41) is 21.1. The molecular formula is C23H22N4O4S. The molecule has 0 saturated carbocycles. The molecule has 9 heteroatoms. The lowest BCUT2D eigenvalue weighted by atomic mass is 10.1. The van der Waals surface area contributed by atoms with Crippen molar-refractivity contribution in [2.45, 2.75) is 20.0 Å². The number of rotatable bonds is 9. The van der Waals surface area contributed by atoms with E-state index in [1.54, 1.807) is 25.3 Å². The molecule has 1 heterocycles. The molecule has 3 rings (SSSR count). The van der Waals surface area contributed by atoms with E-state index in [0.29, 0.717) is 28.8 Å². The van der Waals surface area contributed by atoms with E-state index in [1.165, 1.54) is 24.5 Å². The SMILES string of the molecule is CCc1nnc(NC(=O)/C(C#N)=C/c2ccc(OCc3ccccc3OC)c(OC)c2)s1. The van der Waals surface area contributed by atoms with Crippen molar-refractivity contribution in [2.24, 2.45) is 0 Å². The maximum absolute atomic E-state index is 12.5. The number of nitrogens with zero attached hydrogens (tertiary/aromatic N) is 3. The van der Waals surface area contributed by atoms with Crippen LogP contribution in [0.15, 0.2) is 48.0 Å². The fraction of sp³-hybridized carbons (Fsp3) is 0.217. The van der Waals surface area contributed by atoms with Gasteiger partial charge in [-0.2, -0.15) is 5.26 Å². The number of amides is 1. The Hall–Kier alpha value is -3.90. The van der Waals surface area contributed by atoms with Crippen LogP contribution in [0.5, 0.6) is 17.2 Å². The van der Waals surface area contributed by atoms with Gasteiger partial charge in [0, 0.05) is 5.56 Å². The van der Waals surface area contributed by atoms with Crippen LogP contribution in [-0.4, -0.2) is 30.3 Å². The summed E-state index contributed by atoms with van der Waals surface area (Å²) in [5.41, 5.74) is 1.44. The number of carbonyl (C=O) groups excluding carboxylic acids is 1. The highest BCUT2D eigenvalue weighted by Crippen LogP contribution is 2.31. The molecule has 0 radical (unpaired) electrons. The van der Waals surface area contributed by atoms with Crippen LogP contribution in [0.4, 0.5) is 5.13 Å². The molecule has 3 aromatic rings. The van der Waals surface area contributed by atoms with Crippen LogP contribution < -0.4 is 19.5 Å². The second-order valence-corrected chi connectivity index (χ2v) is 7.55. The third-order valence-electron chi connectivity index (χ3n) is 4.43. The Balaban J connectivity index is 1.75. The molecular weight excluding hydrogens is 428 g/mol. The van der Waals surface area contributed by atoms with E-state index in [9.17, 15) is 10.1 Å². The van der Waals surface area contributed by atoms with Crippen LogP contribution in [0.2, 0.25) is 0 Å². The number of nitrogens with one attached hydrogen (secondary N) is 1. The van der Waals surface area contributed by atoms with Crippen molar-refractivity contribution in [3.63, 3.8) is 0 Å². The second-order valence-electron chi connectivity index (χ2n) is 6.49. The fourth-order valence-corrected chi connectivity index (χ4v) is 3.47. The molecule has 0 saturated heterocycles. The third-order valence-corrected chi connectivity index (χ3v) is 5.41. The molecule has 32 heavy (non-hydrogen) atoms. The standard InChI is InChI=1S/C23H22N4O4S/c1-4-21-26-27-23(32-21)25-22(28)17(13-24)11-15-9-10-19(20(12-15)30-3)31-14-16-7-5-6-8-18(16)29-2/h5-12H,4,14H2,1-3H3,(H,25,27,28)/b17-11+. The van der Waals surface area contributed by atoms with E-state index in [0.717, 1.165) is 22.7 Å². The number of hydrogen-bond acceptors (Lipinski definition) is 8. The highest BCUT2D eigenvalue weighted by Gasteiger charge is 2.14. The average molecular weight is 451 g/mol. The first-order chi connectivity index (χ1) is 15.6. The summed E-state index contributed by atoms with van der Waals surface area (Å²) in [6.45, 7) is 2.24.